The van der Waals surface area contributed by atoms with Gasteiger partial charge in [0.15, 0.2) is 0 Å². The van der Waals surface area contributed by atoms with E-state index in [0.717, 1.165) is 10.8 Å². The van der Waals surface area contributed by atoms with Gasteiger partial charge in [-0.25, -0.2) is 0 Å². The van der Waals surface area contributed by atoms with Crippen molar-refractivity contribution in [1.29, 1.82) is 0 Å². The van der Waals surface area contributed by atoms with Crippen molar-refractivity contribution in [3.8, 4) is 0 Å². The fourth-order valence-electron chi connectivity index (χ4n) is 2.61. The van der Waals surface area contributed by atoms with Crippen molar-refractivity contribution in [2.75, 3.05) is 17.2 Å². The Morgan fingerprint density at radius 1 is 1.20 bits per heavy atom. The molecule has 2 aromatic rings. The van der Waals surface area contributed by atoms with E-state index in [1.54, 1.807) is 4.90 Å². The van der Waals surface area contributed by atoms with Crippen LogP contribution in [0.2, 0.25) is 0 Å². The van der Waals surface area contributed by atoms with Gasteiger partial charge in [-0.05, 0) is 22.9 Å². The van der Waals surface area contributed by atoms with E-state index in [1.807, 2.05) is 36.4 Å². The Hall–Kier alpha value is -2.56. The second-order valence-electron chi connectivity index (χ2n) is 5.07. The molecular formula is C15H15N3O2. The van der Waals surface area contributed by atoms with Crippen LogP contribution in [0.15, 0.2) is 36.4 Å². The maximum Gasteiger partial charge on any atom is 0.227 e. The number of carbonyl (C=O) groups is 2. The van der Waals surface area contributed by atoms with Gasteiger partial charge in [-0.2, -0.15) is 0 Å². The minimum Gasteiger partial charge on any atom is -0.397 e. The lowest BCUT2D eigenvalue weighted by Gasteiger charge is -2.19. The smallest absolute Gasteiger partial charge is 0.227 e. The highest BCUT2D eigenvalue weighted by Gasteiger charge is 2.34. The highest BCUT2D eigenvalue weighted by Crippen LogP contribution is 2.33. The highest BCUT2D eigenvalue weighted by molar-refractivity contribution is 6.04. The Labute approximate surface area is 116 Å². The minimum absolute atomic E-state index is 0.115. The van der Waals surface area contributed by atoms with Crippen molar-refractivity contribution >= 4 is 34.0 Å². The normalized spacial score (nSPS) is 18.7. The molecule has 1 fully saturated rings. The number of rotatable bonds is 2. The van der Waals surface area contributed by atoms with E-state index < -0.39 is 11.8 Å². The first-order chi connectivity index (χ1) is 9.56. The Morgan fingerprint density at radius 3 is 2.45 bits per heavy atom. The molecule has 20 heavy (non-hydrogen) atoms. The molecule has 0 aromatic heterocycles. The van der Waals surface area contributed by atoms with Gasteiger partial charge in [-0.15, -0.1) is 0 Å². The number of hydrogen-bond donors (Lipinski definition) is 2. The molecule has 0 bridgehead atoms. The number of primary amides is 1. The van der Waals surface area contributed by atoms with Crippen LogP contribution in [-0.2, 0) is 9.59 Å². The fraction of sp³-hybridized carbons (Fsp3) is 0.200. The first-order valence-electron chi connectivity index (χ1n) is 6.44. The maximum atomic E-state index is 12.0. The van der Waals surface area contributed by atoms with E-state index in [0.29, 0.717) is 17.9 Å². The zero-order chi connectivity index (χ0) is 14.3. The van der Waals surface area contributed by atoms with Crippen LogP contribution < -0.4 is 16.4 Å². The molecule has 1 atom stereocenters. The van der Waals surface area contributed by atoms with E-state index in [2.05, 4.69) is 0 Å². The zero-order valence-electron chi connectivity index (χ0n) is 10.9. The predicted octanol–water partition coefficient (Wildman–Crippen LogP) is 1.26. The largest absolute Gasteiger partial charge is 0.397 e. The third kappa shape index (κ3) is 1.97. The standard InChI is InChI=1S/C15H15N3O2/c16-12-5-9-3-1-2-4-10(9)6-13(12)18-8-11(15(17)20)7-14(18)19/h1-6,11H,7-8,16H2,(H2,17,20). The van der Waals surface area contributed by atoms with Crippen molar-refractivity contribution in [3.05, 3.63) is 36.4 Å². The van der Waals surface area contributed by atoms with E-state index in [9.17, 15) is 9.59 Å². The number of benzene rings is 2. The number of hydrogen-bond acceptors (Lipinski definition) is 3. The van der Waals surface area contributed by atoms with E-state index in [-0.39, 0.29) is 12.3 Å². The van der Waals surface area contributed by atoms with Crippen molar-refractivity contribution in [2.45, 2.75) is 6.42 Å². The second kappa shape index (κ2) is 4.52. The summed E-state index contributed by atoms with van der Waals surface area (Å²) in [6.07, 6.45) is 0.154. The molecule has 1 aliphatic rings. The van der Waals surface area contributed by atoms with Gasteiger partial charge in [0.1, 0.15) is 0 Å². The first kappa shape index (κ1) is 12.5. The van der Waals surface area contributed by atoms with Crippen LogP contribution in [0.4, 0.5) is 11.4 Å². The van der Waals surface area contributed by atoms with Gasteiger partial charge in [0.25, 0.3) is 0 Å². The molecule has 1 saturated heterocycles. The Bertz CT molecular complexity index is 711. The molecule has 1 unspecified atom stereocenters. The van der Waals surface area contributed by atoms with Crippen molar-refractivity contribution in [3.63, 3.8) is 0 Å². The van der Waals surface area contributed by atoms with Crippen LogP contribution in [0.5, 0.6) is 0 Å². The third-order valence-electron chi connectivity index (χ3n) is 3.71. The number of anilines is 2. The van der Waals surface area contributed by atoms with Gasteiger partial charge < -0.3 is 16.4 Å². The molecule has 0 spiro atoms. The average Bonchev–Trinajstić information content (AvgIpc) is 2.80. The summed E-state index contributed by atoms with van der Waals surface area (Å²) >= 11 is 0. The maximum absolute atomic E-state index is 12.0. The molecular weight excluding hydrogens is 254 g/mol. The number of nitrogen functional groups attached to an aromatic ring is 1. The Balaban J connectivity index is 2.04. The van der Waals surface area contributed by atoms with Crippen LogP contribution in [0.1, 0.15) is 6.42 Å². The SMILES string of the molecule is NC(=O)C1CC(=O)N(c2cc3ccccc3cc2N)C1. The molecule has 0 radical (unpaired) electrons. The molecule has 5 heteroatoms. The molecule has 0 saturated carbocycles. The van der Waals surface area contributed by atoms with Gasteiger partial charge in [-0.1, -0.05) is 24.3 Å². The second-order valence-corrected chi connectivity index (χ2v) is 5.07. The summed E-state index contributed by atoms with van der Waals surface area (Å²) < 4.78 is 0. The molecule has 1 heterocycles. The summed E-state index contributed by atoms with van der Waals surface area (Å²) in [6, 6.07) is 11.5. The third-order valence-corrected chi connectivity index (χ3v) is 3.71. The molecule has 1 aliphatic heterocycles. The van der Waals surface area contributed by atoms with Gasteiger partial charge in [0.2, 0.25) is 11.8 Å². The number of nitrogens with zero attached hydrogens (tertiary/aromatic N) is 1. The van der Waals surface area contributed by atoms with Crippen LogP contribution >= 0.6 is 0 Å². The molecule has 2 aromatic carbocycles. The summed E-state index contributed by atoms with van der Waals surface area (Å²) in [5.41, 5.74) is 12.5. The lowest BCUT2D eigenvalue weighted by atomic mass is 10.1. The quantitative estimate of drug-likeness (QED) is 0.804. The monoisotopic (exact) mass is 269 g/mol. The summed E-state index contributed by atoms with van der Waals surface area (Å²) in [4.78, 5) is 24.8. The predicted molar refractivity (Wildman–Crippen MR) is 78.0 cm³/mol. The number of amides is 2. The topological polar surface area (TPSA) is 89.4 Å². The van der Waals surface area contributed by atoms with Crippen molar-refractivity contribution in [2.24, 2.45) is 11.7 Å². The lowest BCUT2D eigenvalue weighted by molar-refractivity contribution is -0.123. The summed E-state index contributed by atoms with van der Waals surface area (Å²) in [5.74, 6) is -0.996. The molecule has 2 amide bonds. The van der Waals surface area contributed by atoms with Crippen LogP contribution in [0.3, 0.4) is 0 Å². The van der Waals surface area contributed by atoms with Gasteiger partial charge in [-0.3, -0.25) is 9.59 Å². The van der Waals surface area contributed by atoms with E-state index in [1.165, 1.54) is 0 Å². The first-order valence-corrected chi connectivity index (χ1v) is 6.44. The van der Waals surface area contributed by atoms with Crippen LogP contribution in [0, 0.1) is 5.92 Å². The summed E-state index contributed by atoms with van der Waals surface area (Å²) in [5, 5.41) is 2.03. The number of fused-ring (bicyclic) bond motifs is 1. The molecule has 5 nitrogen and oxygen atoms in total. The lowest BCUT2D eigenvalue weighted by Crippen LogP contribution is -2.28. The van der Waals surface area contributed by atoms with Crippen LogP contribution in [-0.4, -0.2) is 18.4 Å². The Morgan fingerprint density at radius 2 is 1.85 bits per heavy atom. The molecule has 3 rings (SSSR count). The number of nitrogens with two attached hydrogens (primary N) is 2. The van der Waals surface area contributed by atoms with E-state index >= 15 is 0 Å². The van der Waals surface area contributed by atoms with Crippen LogP contribution in [0.25, 0.3) is 10.8 Å². The summed E-state index contributed by atoms with van der Waals surface area (Å²) in [7, 11) is 0. The molecule has 102 valence electrons. The van der Waals surface area contributed by atoms with Gasteiger partial charge in [0.05, 0.1) is 17.3 Å². The zero-order valence-corrected chi connectivity index (χ0v) is 10.9. The van der Waals surface area contributed by atoms with Gasteiger partial charge in [0, 0.05) is 13.0 Å². The minimum atomic E-state index is -0.444. The summed E-state index contributed by atoms with van der Waals surface area (Å²) in [6.45, 7) is 0.302. The number of carbonyl (C=O) groups excluding carboxylic acids is 2. The Kier molecular flexibility index (Phi) is 2.82. The highest BCUT2D eigenvalue weighted by atomic mass is 16.2. The molecule has 4 N–H and O–H groups in total. The van der Waals surface area contributed by atoms with E-state index in [4.69, 9.17) is 11.5 Å². The fourth-order valence-corrected chi connectivity index (χ4v) is 2.61. The van der Waals surface area contributed by atoms with Gasteiger partial charge >= 0.3 is 0 Å². The average molecular weight is 269 g/mol. The van der Waals surface area contributed by atoms with Crippen molar-refractivity contribution in [1.82, 2.24) is 0 Å². The molecule has 0 aliphatic carbocycles. The van der Waals surface area contributed by atoms with Crippen molar-refractivity contribution < 1.29 is 9.59 Å².